The quantitative estimate of drug-likeness (QED) is 0.570. The Morgan fingerprint density at radius 1 is 1.27 bits per heavy atom. The zero-order chi connectivity index (χ0) is 11.1. The number of halogens is 1. The van der Waals surface area contributed by atoms with Crippen molar-refractivity contribution in [1.29, 1.82) is 0 Å². The lowest BCUT2D eigenvalue weighted by Crippen LogP contribution is -2.04. The summed E-state index contributed by atoms with van der Waals surface area (Å²) >= 11 is 5.88. The van der Waals surface area contributed by atoms with Crippen LogP contribution in [0.5, 0.6) is 0 Å². The number of anilines is 2. The molecule has 1 aromatic rings. The van der Waals surface area contributed by atoms with Crippen LogP contribution >= 0.6 is 11.6 Å². The summed E-state index contributed by atoms with van der Waals surface area (Å²) in [4.78, 5) is 0. The maximum atomic E-state index is 5.88. The third-order valence-electron chi connectivity index (χ3n) is 2.36. The normalized spacial score (nSPS) is 10.3. The molecular weight excluding hydrogens is 208 g/mol. The summed E-state index contributed by atoms with van der Waals surface area (Å²) in [6, 6.07) is 5.51. The Morgan fingerprint density at radius 3 is 2.80 bits per heavy atom. The van der Waals surface area contributed by atoms with Gasteiger partial charge in [0.1, 0.15) is 0 Å². The molecule has 0 bridgehead atoms. The molecule has 0 aliphatic rings. The van der Waals surface area contributed by atoms with Crippen LogP contribution in [0.25, 0.3) is 0 Å². The first-order chi connectivity index (χ1) is 7.24. The third-order valence-corrected chi connectivity index (χ3v) is 2.60. The standard InChI is InChI=1S/C12H19ClN2/c1-2-3-4-5-8-15-12-9-10(13)6-7-11(12)14/h6-7,9,15H,2-5,8,14H2,1H3. The molecule has 0 saturated heterocycles. The molecule has 1 rings (SSSR count). The molecule has 3 N–H and O–H groups in total. The molecule has 3 heteroatoms. The smallest absolute Gasteiger partial charge is 0.0588 e. The number of nitrogens with one attached hydrogen (secondary N) is 1. The van der Waals surface area contributed by atoms with Crippen molar-refractivity contribution in [3.05, 3.63) is 23.2 Å². The van der Waals surface area contributed by atoms with Crippen LogP contribution in [0.2, 0.25) is 5.02 Å². The maximum Gasteiger partial charge on any atom is 0.0588 e. The van der Waals surface area contributed by atoms with Gasteiger partial charge in [-0.15, -0.1) is 0 Å². The Hall–Kier alpha value is -0.890. The second kappa shape index (κ2) is 6.57. The van der Waals surface area contributed by atoms with Crippen LogP contribution in [0.3, 0.4) is 0 Å². The SMILES string of the molecule is CCCCCCNc1cc(Cl)ccc1N. The molecule has 0 aliphatic heterocycles. The van der Waals surface area contributed by atoms with Gasteiger partial charge in [-0.25, -0.2) is 0 Å². The minimum absolute atomic E-state index is 0.722. The zero-order valence-electron chi connectivity index (χ0n) is 9.22. The lowest BCUT2D eigenvalue weighted by Gasteiger charge is -2.09. The fourth-order valence-corrected chi connectivity index (χ4v) is 1.63. The number of nitrogens with two attached hydrogens (primary N) is 1. The summed E-state index contributed by atoms with van der Waals surface area (Å²) in [5.74, 6) is 0. The van der Waals surface area contributed by atoms with Gasteiger partial charge in [-0.1, -0.05) is 37.8 Å². The molecule has 0 radical (unpaired) electrons. The number of hydrogen-bond donors (Lipinski definition) is 2. The van der Waals surface area contributed by atoms with Gasteiger partial charge in [0.15, 0.2) is 0 Å². The van der Waals surface area contributed by atoms with E-state index >= 15 is 0 Å². The van der Waals surface area contributed by atoms with Crippen molar-refractivity contribution in [2.24, 2.45) is 0 Å². The molecule has 0 aromatic heterocycles. The van der Waals surface area contributed by atoms with E-state index in [0.717, 1.165) is 22.9 Å². The van der Waals surface area contributed by atoms with E-state index in [4.69, 9.17) is 17.3 Å². The zero-order valence-corrected chi connectivity index (χ0v) is 9.98. The number of unbranched alkanes of at least 4 members (excludes halogenated alkanes) is 3. The van der Waals surface area contributed by atoms with E-state index in [1.54, 1.807) is 6.07 Å². The first-order valence-corrected chi connectivity index (χ1v) is 5.90. The van der Waals surface area contributed by atoms with E-state index in [9.17, 15) is 0 Å². The van der Waals surface area contributed by atoms with Crippen LogP contribution < -0.4 is 11.1 Å². The lowest BCUT2D eigenvalue weighted by molar-refractivity contribution is 0.685. The highest BCUT2D eigenvalue weighted by molar-refractivity contribution is 6.31. The molecule has 84 valence electrons. The highest BCUT2D eigenvalue weighted by atomic mass is 35.5. The van der Waals surface area contributed by atoms with Gasteiger partial charge >= 0.3 is 0 Å². The van der Waals surface area contributed by atoms with Crippen molar-refractivity contribution < 1.29 is 0 Å². The second-order valence-electron chi connectivity index (χ2n) is 3.72. The van der Waals surface area contributed by atoms with Crippen LogP contribution in [-0.2, 0) is 0 Å². The first-order valence-electron chi connectivity index (χ1n) is 5.53. The van der Waals surface area contributed by atoms with Crippen molar-refractivity contribution in [2.75, 3.05) is 17.6 Å². The highest BCUT2D eigenvalue weighted by Gasteiger charge is 1.98. The molecule has 0 amide bonds. The predicted molar refractivity (Wildman–Crippen MR) is 68.5 cm³/mol. The average Bonchev–Trinajstić information content (AvgIpc) is 2.23. The van der Waals surface area contributed by atoms with Crippen LogP contribution in [0.15, 0.2) is 18.2 Å². The Bertz CT molecular complexity index is 300. The molecule has 0 heterocycles. The van der Waals surface area contributed by atoms with Crippen molar-refractivity contribution in [3.8, 4) is 0 Å². The Morgan fingerprint density at radius 2 is 2.07 bits per heavy atom. The number of hydrogen-bond acceptors (Lipinski definition) is 2. The molecule has 2 nitrogen and oxygen atoms in total. The minimum atomic E-state index is 0.722. The van der Waals surface area contributed by atoms with Crippen molar-refractivity contribution >= 4 is 23.0 Å². The van der Waals surface area contributed by atoms with Gasteiger partial charge in [-0.2, -0.15) is 0 Å². The predicted octanol–water partition coefficient (Wildman–Crippen LogP) is 3.91. The van der Waals surface area contributed by atoms with Gasteiger partial charge in [-0.05, 0) is 24.6 Å². The average molecular weight is 227 g/mol. The molecule has 1 aromatic carbocycles. The molecule has 0 unspecified atom stereocenters. The van der Waals surface area contributed by atoms with E-state index in [1.807, 2.05) is 12.1 Å². The molecule has 0 saturated carbocycles. The summed E-state index contributed by atoms with van der Waals surface area (Å²) in [5.41, 5.74) is 7.51. The maximum absolute atomic E-state index is 5.88. The van der Waals surface area contributed by atoms with Gasteiger partial charge in [0, 0.05) is 11.6 Å². The van der Waals surface area contributed by atoms with E-state index in [1.165, 1.54) is 25.7 Å². The molecule has 0 fully saturated rings. The topological polar surface area (TPSA) is 38.0 Å². The molecule has 15 heavy (non-hydrogen) atoms. The highest BCUT2D eigenvalue weighted by Crippen LogP contribution is 2.22. The lowest BCUT2D eigenvalue weighted by atomic mass is 10.2. The third kappa shape index (κ3) is 4.43. The van der Waals surface area contributed by atoms with Crippen LogP contribution in [0.4, 0.5) is 11.4 Å². The molecule has 0 spiro atoms. The van der Waals surface area contributed by atoms with Gasteiger partial charge in [-0.3, -0.25) is 0 Å². The Balaban J connectivity index is 2.33. The van der Waals surface area contributed by atoms with Gasteiger partial charge in [0.05, 0.1) is 11.4 Å². The van der Waals surface area contributed by atoms with Crippen molar-refractivity contribution in [3.63, 3.8) is 0 Å². The van der Waals surface area contributed by atoms with Crippen LogP contribution in [0.1, 0.15) is 32.6 Å². The van der Waals surface area contributed by atoms with E-state index in [-0.39, 0.29) is 0 Å². The van der Waals surface area contributed by atoms with Gasteiger partial charge in [0.2, 0.25) is 0 Å². The molecule has 0 atom stereocenters. The molecular formula is C12H19ClN2. The van der Waals surface area contributed by atoms with Crippen molar-refractivity contribution in [2.45, 2.75) is 32.6 Å². The monoisotopic (exact) mass is 226 g/mol. The summed E-state index contributed by atoms with van der Waals surface area (Å²) < 4.78 is 0. The van der Waals surface area contributed by atoms with Gasteiger partial charge < -0.3 is 11.1 Å². The Labute approximate surface area is 96.8 Å². The van der Waals surface area contributed by atoms with E-state index in [2.05, 4.69) is 12.2 Å². The summed E-state index contributed by atoms with van der Waals surface area (Å²) in [6.45, 7) is 3.17. The Kier molecular flexibility index (Phi) is 5.33. The summed E-state index contributed by atoms with van der Waals surface area (Å²) in [6.07, 6.45) is 5.01. The minimum Gasteiger partial charge on any atom is -0.397 e. The van der Waals surface area contributed by atoms with E-state index in [0.29, 0.717) is 0 Å². The molecule has 0 aliphatic carbocycles. The summed E-state index contributed by atoms with van der Waals surface area (Å²) in [7, 11) is 0. The van der Waals surface area contributed by atoms with Gasteiger partial charge in [0.25, 0.3) is 0 Å². The van der Waals surface area contributed by atoms with Crippen LogP contribution in [0, 0.1) is 0 Å². The fourth-order valence-electron chi connectivity index (χ4n) is 1.46. The second-order valence-corrected chi connectivity index (χ2v) is 4.16. The van der Waals surface area contributed by atoms with E-state index < -0.39 is 0 Å². The van der Waals surface area contributed by atoms with Crippen LogP contribution in [-0.4, -0.2) is 6.54 Å². The number of nitrogen functional groups attached to an aromatic ring is 1. The number of rotatable bonds is 6. The fraction of sp³-hybridized carbons (Fsp3) is 0.500. The number of benzene rings is 1. The summed E-state index contributed by atoms with van der Waals surface area (Å²) in [5, 5.41) is 4.03. The first kappa shape index (κ1) is 12.2. The van der Waals surface area contributed by atoms with Crippen molar-refractivity contribution in [1.82, 2.24) is 0 Å². The largest absolute Gasteiger partial charge is 0.397 e.